The van der Waals surface area contributed by atoms with Gasteiger partial charge in [-0.25, -0.2) is 4.98 Å². The maximum Gasteiger partial charge on any atom is 0.252 e. The smallest absolute Gasteiger partial charge is 0.252 e. The van der Waals surface area contributed by atoms with Gasteiger partial charge in [-0.2, -0.15) is 0 Å². The Balaban J connectivity index is 1.98. The lowest BCUT2D eigenvalue weighted by atomic mass is 10.1. The molecule has 0 bridgehead atoms. The third-order valence-electron chi connectivity index (χ3n) is 3.14. The Bertz CT molecular complexity index is 874. The average molecular weight is 356 g/mol. The first kappa shape index (κ1) is 14.5. The van der Waals surface area contributed by atoms with Crippen molar-refractivity contribution in [3.05, 3.63) is 75.0 Å². The average Bonchev–Trinajstić information content (AvgIpc) is 2.46. The SMILES string of the molecule is Cc1cccc(-c2cc(=O)[nH]c(Nc3cccc(Br)c3)n2)c1. The van der Waals surface area contributed by atoms with Crippen LogP contribution in [0.25, 0.3) is 11.3 Å². The van der Waals surface area contributed by atoms with Crippen molar-refractivity contribution >= 4 is 27.6 Å². The summed E-state index contributed by atoms with van der Waals surface area (Å²) in [5, 5.41) is 3.11. The van der Waals surface area contributed by atoms with Crippen LogP contribution in [0.3, 0.4) is 0 Å². The Morgan fingerprint density at radius 2 is 1.91 bits per heavy atom. The number of nitrogens with zero attached hydrogens (tertiary/aromatic N) is 1. The second kappa shape index (κ2) is 6.15. The van der Waals surface area contributed by atoms with E-state index in [4.69, 9.17) is 0 Å². The van der Waals surface area contributed by atoms with Crippen LogP contribution in [0.4, 0.5) is 11.6 Å². The molecule has 22 heavy (non-hydrogen) atoms. The molecule has 0 saturated carbocycles. The molecule has 0 unspecified atom stereocenters. The van der Waals surface area contributed by atoms with Gasteiger partial charge < -0.3 is 5.32 Å². The molecule has 3 rings (SSSR count). The van der Waals surface area contributed by atoms with Crippen LogP contribution in [-0.2, 0) is 0 Å². The number of benzene rings is 2. The van der Waals surface area contributed by atoms with E-state index in [-0.39, 0.29) is 5.56 Å². The van der Waals surface area contributed by atoms with Gasteiger partial charge in [0.1, 0.15) is 0 Å². The maximum absolute atomic E-state index is 11.9. The summed E-state index contributed by atoms with van der Waals surface area (Å²) in [4.78, 5) is 19.1. The van der Waals surface area contributed by atoms with Gasteiger partial charge in [-0.05, 0) is 31.2 Å². The number of aryl methyl sites for hydroxylation is 1. The monoisotopic (exact) mass is 355 g/mol. The Hall–Kier alpha value is -2.40. The molecule has 0 aliphatic rings. The minimum Gasteiger partial charge on any atom is -0.326 e. The number of H-pyrrole nitrogens is 1. The predicted octanol–water partition coefficient (Wildman–Crippen LogP) is 4.25. The lowest BCUT2D eigenvalue weighted by Gasteiger charge is -2.08. The third kappa shape index (κ3) is 3.43. The lowest BCUT2D eigenvalue weighted by molar-refractivity contribution is 1.12. The summed E-state index contributed by atoms with van der Waals surface area (Å²) >= 11 is 3.42. The van der Waals surface area contributed by atoms with Crippen LogP contribution in [0.1, 0.15) is 5.56 Å². The van der Waals surface area contributed by atoms with E-state index in [9.17, 15) is 4.79 Å². The van der Waals surface area contributed by atoms with E-state index < -0.39 is 0 Å². The van der Waals surface area contributed by atoms with E-state index in [0.717, 1.165) is 21.3 Å². The fourth-order valence-corrected chi connectivity index (χ4v) is 2.57. The maximum atomic E-state index is 11.9. The van der Waals surface area contributed by atoms with Gasteiger partial charge in [-0.1, -0.05) is 45.8 Å². The summed E-state index contributed by atoms with van der Waals surface area (Å²) in [6.45, 7) is 2.01. The highest BCUT2D eigenvalue weighted by Gasteiger charge is 2.05. The number of aromatic nitrogens is 2. The Labute approximate surface area is 136 Å². The summed E-state index contributed by atoms with van der Waals surface area (Å²) in [5.41, 5.74) is 3.34. The molecule has 0 radical (unpaired) electrons. The molecule has 0 fully saturated rings. The minimum absolute atomic E-state index is 0.191. The van der Waals surface area contributed by atoms with Crippen molar-refractivity contribution in [3.63, 3.8) is 0 Å². The van der Waals surface area contributed by atoms with Crippen LogP contribution in [0.5, 0.6) is 0 Å². The van der Waals surface area contributed by atoms with Gasteiger partial charge in [-0.15, -0.1) is 0 Å². The molecule has 0 saturated heterocycles. The molecule has 2 aromatic carbocycles. The molecule has 5 heteroatoms. The summed E-state index contributed by atoms with van der Waals surface area (Å²) in [7, 11) is 0. The van der Waals surface area contributed by atoms with Crippen LogP contribution < -0.4 is 10.9 Å². The highest BCUT2D eigenvalue weighted by atomic mass is 79.9. The first-order valence-electron chi connectivity index (χ1n) is 6.81. The van der Waals surface area contributed by atoms with E-state index >= 15 is 0 Å². The molecule has 4 nitrogen and oxygen atoms in total. The highest BCUT2D eigenvalue weighted by Crippen LogP contribution is 2.21. The lowest BCUT2D eigenvalue weighted by Crippen LogP contribution is -2.10. The van der Waals surface area contributed by atoms with Gasteiger partial charge in [0.05, 0.1) is 5.69 Å². The van der Waals surface area contributed by atoms with Gasteiger partial charge >= 0.3 is 0 Å². The number of hydrogen-bond acceptors (Lipinski definition) is 3. The first-order chi connectivity index (χ1) is 10.6. The van der Waals surface area contributed by atoms with E-state index in [1.165, 1.54) is 6.07 Å². The third-order valence-corrected chi connectivity index (χ3v) is 3.64. The number of anilines is 2. The normalized spacial score (nSPS) is 10.5. The van der Waals surface area contributed by atoms with Gasteiger partial charge in [0.15, 0.2) is 0 Å². The van der Waals surface area contributed by atoms with Crippen molar-refractivity contribution in [1.82, 2.24) is 9.97 Å². The molecule has 0 atom stereocenters. The molecule has 2 N–H and O–H groups in total. The molecule has 0 amide bonds. The zero-order valence-corrected chi connectivity index (χ0v) is 13.5. The standard InChI is InChI=1S/C17H14BrN3O/c1-11-4-2-5-12(8-11)15-10-16(22)21-17(20-15)19-14-7-3-6-13(18)9-14/h2-10H,1H3,(H2,19,20,21,22). The quantitative estimate of drug-likeness (QED) is 0.738. The zero-order valence-electron chi connectivity index (χ0n) is 11.9. The number of halogens is 1. The van der Waals surface area contributed by atoms with Gasteiger partial charge in [0.2, 0.25) is 5.95 Å². The highest BCUT2D eigenvalue weighted by molar-refractivity contribution is 9.10. The molecule has 0 spiro atoms. The van der Waals surface area contributed by atoms with E-state index in [2.05, 4.69) is 31.2 Å². The van der Waals surface area contributed by atoms with Crippen molar-refractivity contribution in [2.45, 2.75) is 6.92 Å². The molecular formula is C17H14BrN3O. The molecule has 3 aromatic rings. The van der Waals surface area contributed by atoms with Crippen LogP contribution in [0.15, 0.2) is 63.9 Å². The van der Waals surface area contributed by atoms with E-state index in [1.807, 2.05) is 55.5 Å². The van der Waals surface area contributed by atoms with Crippen LogP contribution >= 0.6 is 15.9 Å². The second-order valence-electron chi connectivity index (χ2n) is 4.98. The Morgan fingerprint density at radius 3 is 2.68 bits per heavy atom. The van der Waals surface area contributed by atoms with Crippen molar-refractivity contribution in [2.75, 3.05) is 5.32 Å². The van der Waals surface area contributed by atoms with Crippen LogP contribution in [0, 0.1) is 6.92 Å². The van der Waals surface area contributed by atoms with E-state index in [0.29, 0.717) is 11.6 Å². The van der Waals surface area contributed by atoms with Crippen molar-refractivity contribution in [2.24, 2.45) is 0 Å². The van der Waals surface area contributed by atoms with Gasteiger partial charge in [0.25, 0.3) is 5.56 Å². The summed E-state index contributed by atoms with van der Waals surface area (Å²) in [6.07, 6.45) is 0. The molecule has 0 aliphatic carbocycles. The van der Waals surface area contributed by atoms with Crippen molar-refractivity contribution < 1.29 is 0 Å². The molecule has 1 aromatic heterocycles. The predicted molar refractivity (Wildman–Crippen MR) is 92.5 cm³/mol. The minimum atomic E-state index is -0.191. The summed E-state index contributed by atoms with van der Waals surface area (Å²) < 4.78 is 0.953. The fourth-order valence-electron chi connectivity index (χ4n) is 2.17. The zero-order chi connectivity index (χ0) is 15.5. The van der Waals surface area contributed by atoms with Crippen LogP contribution in [-0.4, -0.2) is 9.97 Å². The van der Waals surface area contributed by atoms with Gasteiger partial charge in [-0.3, -0.25) is 9.78 Å². The largest absolute Gasteiger partial charge is 0.326 e. The topological polar surface area (TPSA) is 57.8 Å². The van der Waals surface area contributed by atoms with Crippen LogP contribution in [0.2, 0.25) is 0 Å². The number of nitrogens with one attached hydrogen (secondary N) is 2. The molecular weight excluding hydrogens is 342 g/mol. The van der Waals surface area contributed by atoms with Gasteiger partial charge in [0, 0.05) is 21.8 Å². The number of hydrogen-bond donors (Lipinski definition) is 2. The molecule has 0 aliphatic heterocycles. The summed E-state index contributed by atoms with van der Waals surface area (Å²) in [6, 6.07) is 17.1. The van der Waals surface area contributed by atoms with Crippen molar-refractivity contribution in [1.29, 1.82) is 0 Å². The Kier molecular flexibility index (Phi) is 4.06. The first-order valence-corrected chi connectivity index (χ1v) is 7.60. The number of aromatic amines is 1. The Morgan fingerprint density at radius 1 is 1.09 bits per heavy atom. The van der Waals surface area contributed by atoms with E-state index in [1.54, 1.807) is 0 Å². The molecule has 110 valence electrons. The molecule has 1 heterocycles. The second-order valence-corrected chi connectivity index (χ2v) is 5.90. The van der Waals surface area contributed by atoms with Crippen molar-refractivity contribution in [3.8, 4) is 11.3 Å². The summed E-state index contributed by atoms with van der Waals surface area (Å²) in [5.74, 6) is 0.419. The number of rotatable bonds is 3. The fraction of sp³-hybridized carbons (Fsp3) is 0.0588.